The first kappa shape index (κ1) is 20.7. The highest BCUT2D eigenvalue weighted by Crippen LogP contribution is 2.64. The van der Waals surface area contributed by atoms with Gasteiger partial charge in [0.05, 0.1) is 6.10 Å². The van der Waals surface area contributed by atoms with Gasteiger partial charge in [-0.15, -0.1) is 0 Å². The zero-order valence-electron chi connectivity index (χ0n) is 19.1. The van der Waals surface area contributed by atoms with Crippen LogP contribution in [0.1, 0.15) is 98.8 Å². The van der Waals surface area contributed by atoms with E-state index in [1.54, 1.807) is 11.1 Å². The Balaban J connectivity index is 1.54. The molecule has 1 nitrogen and oxygen atoms in total. The van der Waals surface area contributed by atoms with Gasteiger partial charge in [0, 0.05) is 0 Å². The van der Waals surface area contributed by atoms with Crippen LogP contribution in [0.25, 0.3) is 0 Å². The summed E-state index contributed by atoms with van der Waals surface area (Å²) in [6, 6.07) is 0. The Bertz CT molecular complexity index is 643. The monoisotopic (exact) mass is 384 g/mol. The number of allylic oxidation sites excluding steroid dienone is 4. The van der Waals surface area contributed by atoms with Crippen LogP contribution < -0.4 is 0 Å². The zero-order chi connectivity index (χ0) is 20.1. The first-order valence-corrected chi connectivity index (χ1v) is 12.3. The number of aliphatic hydroxyl groups is 1. The maximum absolute atomic E-state index is 10.2. The predicted molar refractivity (Wildman–Crippen MR) is 119 cm³/mol. The van der Waals surface area contributed by atoms with E-state index in [9.17, 15) is 5.11 Å². The van der Waals surface area contributed by atoms with E-state index in [2.05, 4.69) is 46.8 Å². The summed E-state index contributed by atoms with van der Waals surface area (Å²) in [4.78, 5) is 0. The Morgan fingerprint density at radius 3 is 2.61 bits per heavy atom. The molecule has 0 saturated heterocycles. The molecule has 0 bridgehead atoms. The number of rotatable bonds is 5. The van der Waals surface area contributed by atoms with Gasteiger partial charge in [-0.2, -0.15) is 0 Å². The summed E-state index contributed by atoms with van der Waals surface area (Å²) in [5, 5.41) is 10.2. The predicted octanol–water partition coefficient (Wildman–Crippen LogP) is 7.31. The summed E-state index contributed by atoms with van der Waals surface area (Å²) in [5.74, 6) is 4.04. The Morgan fingerprint density at radius 2 is 1.86 bits per heavy atom. The molecule has 4 aliphatic carbocycles. The van der Waals surface area contributed by atoms with E-state index in [0.29, 0.717) is 16.7 Å². The smallest absolute Gasteiger partial charge is 0.0543 e. The van der Waals surface area contributed by atoms with Crippen molar-refractivity contribution in [2.45, 2.75) is 105 Å². The summed E-state index contributed by atoms with van der Waals surface area (Å²) < 4.78 is 0. The van der Waals surface area contributed by atoms with Crippen LogP contribution in [0.5, 0.6) is 0 Å². The molecule has 0 aromatic rings. The summed E-state index contributed by atoms with van der Waals surface area (Å²) >= 11 is 0. The second-order valence-electron chi connectivity index (χ2n) is 11.8. The Morgan fingerprint density at radius 1 is 1.07 bits per heavy atom. The van der Waals surface area contributed by atoms with Crippen LogP contribution >= 0.6 is 0 Å². The number of fused-ring (bicyclic) bond motifs is 5. The second kappa shape index (κ2) is 7.60. The van der Waals surface area contributed by atoms with Gasteiger partial charge in [-0.05, 0) is 96.5 Å². The van der Waals surface area contributed by atoms with Crippen molar-refractivity contribution in [1.29, 1.82) is 0 Å². The fourth-order valence-electron chi connectivity index (χ4n) is 7.85. The minimum Gasteiger partial charge on any atom is -0.393 e. The van der Waals surface area contributed by atoms with E-state index in [0.717, 1.165) is 36.5 Å². The third kappa shape index (κ3) is 3.34. The summed E-state index contributed by atoms with van der Waals surface area (Å²) in [7, 11) is 0. The summed E-state index contributed by atoms with van der Waals surface area (Å²) in [5.41, 5.74) is 4.24. The van der Waals surface area contributed by atoms with Gasteiger partial charge in [-0.1, -0.05) is 66.0 Å². The topological polar surface area (TPSA) is 20.2 Å². The van der Waals surface area contributed by atoms with Crippen molar-refractivity contribution in [2.75, 3.05) is 0 Å². The largest absolute Gasteiger partial charge is 0.393 e. The standard InChI is InChI=1S/C27H44O/c1-18(2)7-6-8-19(3)23-11-12-24-22-10-9-20-17-21(28)13-15-26(20,4)25(22)14-16-27(23,24)5/h10,14,18-21,23-24,28H,6-9,11-13,15-17H2,1-5H3. The van der Waals surface area contributed by atoms with Crippen LogP contribution in [0.2, 0.25) is 0 Å². The lowest BCUT2D eigenvalue weighted by molar-refractivity contribution is 0.0309. The van der Waals surface area contributed by atoms with Crippen LogP contribution in [0, 0.1) is 40.4 Å². The molecule has 1 heteroatoms. The van der Waals surface area contributed by atoms with E-state index >= 15 is 0 Å². The minimum absolute atomic E-state index is 0.0648. The highest BCUT2D eigenvalue weighted by atomic mass is 16.3. The van der Waals surface area contributed by atoms with Gasteiger partial charge >= 0.3 is 0 Å². The highest BCUT2D eigenvalue weighted by Gasteiger charge is 2.55. The SMILES string of the molecule is CC(C)CCCC(C)C1CCC2C3=CCC4CC(O)CCC4(C)C3=CCC21C. The van der Waals surface area contributed by atoms with Crippen molar-refractivity contribution in [3.63, 3.8) is 0 Å². The molecule has 2 saturated carbocycles. The third-order valence-corrected chi connectivity index (χ3v) is 9.66. The molecule has 0 heterocycles. The molecule has 0 amide bonds. The van der Waals surface area contributed by atoms with Crippen molar-refractivity contribution in [2.24, 2.45) is 40.4 Å². The lowest BCUT2D eigenvalue weighted by Gasteiger charge is -2.53. The molecular weight excluding hydrogens is 340 g/mol. The number of aliphatic hydroxyl groups excluding tert-OH is 1. The van der Waals surface area contributed by atoms with E-state index in [1.807, 2.05) is 0 Å². The van der Waals surface area contributed by atoms with E-state index in [1.165, 1.54) is 51.4 Å². The van der Waals surface area contributed by atoms with Gasteiger partial charge in [0.25, 0.3) is 0 Å². The van der Waals surface area contributed by atoms with Gasteiger partial charge in [0.1, 0.15) is 0 Å². The molecule has 0 spiro atoms. The van der Waals surface area contributed by atoms with Crippen LogP contribution in [0.3, 0.4) is 0 Å². The molecule has 7 unspecified atom stereocenters. The van der Waals surface area contributed by atoms with E-state index < -0.39 is 0 Å². The van der Waals surface area contributed by atoms with Crippen molar-refractivity contribution in [3.8, 4) is 0 Å². The van der Waals surface area contributed by atoms with Crippen LogP contribution in [-0.4, -0.2) is 11.2 Å². The molecule has 28 heavy (non-hydrogen) atoms. The Kier molecular flexibility index (Phi) is 5.62. The first-order chi connectivity index (χ1) is 13.3. The molecule has 158 valence electrons. The van der Waals surface area contributed by atoms with Crippen LogP contribution in [0.4, 0.5) is 0 Å². The van der Waals surface area contributed by atoms with E-state index in [4.69, 9.17) is 0 Å². The maximum Gasteiger partial charge on any atom is 0.0543 e. The number of hydrogen-bond acceptors (Lipinski definition) is 1. The molecule has 0 aliphatic heterocycles. The third-order valence-electron chi connectivity index (χ3n) is 9.66. The molecule has 0 aromatic carbocycles. The fourth-order valence-corrected chi connectivity index (χ4v) is 7.85. The van der Waals surface area contributed by atoms with Crippen LogP contribution in [-0.2, 0) is 0 Å². The molecule has 1 N–H and O–H groups in total. The average molecular weight is 385 g/mol. The molecule has 7 atom stereocenters. The first-order valence-electron chi connectivity index (χ1n) is 12.3. The fraction of sp³-hybridized carbons (Fsp3) is 0.852. The van der Waals surface area contributed by atoms with Crippen molar-refractivity contribution in [3.05, 3.63) is 23.3 Å². The van der Waals surface area contributed by atoms with Crippen LogP contribution in [0.15, 0.2) is 23.3 Å². The second-order valence-corrected chi connectivity index (χ2v) is 11.8. The summed E-state index contributed by atoms with van der Waals surface area (Å²) in [6.45, 7) is 12.4. The van der Waals surface area contributed by atoms with Gasteiger partial charge < -0.3 is 5.11 Å². The maximum atomic E-state index is 10.2. The lowest BCUT2D eigenvalue weighted by Crippen LogP contribution is -2.44. The van der Waals surface area contributed by atoms with Gasteiger partial charge in [-0.3, -0.25) is 0 Å². The number of hydrogen-bond donors (Lipinski definition) is 1. The molecule has 2 fully saturated rings. The molecule has 4 aliphatic rings. The zero-order valence-corrected chi connectivity index (χ0v) is 19.1. The quantitative estimate of drug-likeness (QED) is 0.527. The average Bonchev–Trinajstić information content (AvgIpc) is 2.99. The Hall–Kier alpha value is -0.560. The highest BCUT2D eigenvalue weighted by molar-refractivity contribution is 5.46. The molecule has 0 radical (unpaired) electrons. The van der Waals surface area contributed by atoms with Gasteiger partial charge in [-0.25, -0.2) is 0 Å². The summed E-state index contributed by atoms with van der Waals surface area (Å²) in [6.07, 6.45) is 17.9. The van der Waals surface area contributed by atoms with E-state index in [-0.39, 0.29) is 6.10 Å². The lowest BCUT2D eigenvalue weighted by atomic mass is 9.51. The van der Waals surface area contributed by atoms with Gasteiger partial charge in [0.2, 0.25) is 0 Å². The Labute approximate surface area is 174 Å². The molecule has 0 aromatic heterocycles. The van der Waals surface area contributed by atoms with Crippen molar-refractivity contribution >= 4 is 0 Å². The van der Waals surface area contributed by atoms with Crippen molar-refractivity contribution < 1.29 is 5.11 Å². The van der Waals surface area contributed by atoms with Crippen molar-refractivity contribution in [1.82, 2.24) is 0 Å². The van der Waals surface area contributed by atoms with Gasteiger partial charge in [0.15, 0.2) is 0 Å². The minimum atomic E-state index is -0.0648. The molecule has 4 rings (SSSR count). The normalized spacial score (nSPS) is 43.7. The molecular formula is C27H44O.